The molecule has 1 aromatic rings. The van der Waals surface area contributed by atoms with Gasteiger partial charge in [-0.15, -0.1) is 8.78 Å². The van der Waals surface area contributed by atoms with E-state index in [2.05, 4.69) is 19.3 Å². The van der Waals surface area contributed by atoms with E-state index in [1.165, 1.54) is 6.07 Å². The number of fused-ring (bicyclic) bond motifs is 1. The summed E-state index contributed by atoms with van der Waals surface area (Å²) in [6.45, 7) is 3.44. The van der Waals surface area contributed by atoms with Crippen LogP contribution in [0.4, 0.5) is 8.78 Å². The number of benzene rings is 1. The van der Waals surface area contributed by atoms with E-state index < -0.39 is 16.1 Å². The number of alkyl halides is 2. The van der Waals surface area contributed by atoms with Gasteiger partial charge in [-0.25, -0.2) is 8.42 Å². The van der Waals surface area contributed by atoms with Crippen molar-refractivity contribution in [1.29, 1.82) is 0 Å². The minimum Gasteiger partial charge on any atom is -0.395 e. The number of nitrogens with zero attached hydrogens (tertiary/aromatic N) is 2. The molecule has 0 aromatic heterocycles. The molecule has 0 bridgehead atoms. The predicted molar refractivity (Wildman–Crippen MR) is 91.2 cm³/mol. The first-order valence-electron chi connectivity index (χ1n) is 8.86. The van der Waals surface area contributed by atoms with Gasteiger partial charge in [0.1, 0.15) is 0 Å². The zero-order valence-electron chi connectivity index (χ0n) is 14.4. The lowest BCUT2D eigenvalue weighted by Gasteiger charge is -2.40. The predicted octanol–water partition coefficient (Wildman–Crippen LogP) is 1.70. The molecule has 9 heteroatoms. The summed E-state index contributed by atoms with van der Waals surface area (Å²) in [7, 11) is -2.86. The van der Waals surface area contributed by atoms with Crippen LogP contribution < -0.4 is 9.47 Å². The second kappa shape index (κ2) is 6.61. The van der Waals surface area contributed by atoms with Crippen LogP contribution in [0.1, 0.15) is 18.4 Å². The fourth-order valence-corrected chi connectivity index (χ4v) is 5.15. The van der Waals surface area contributed by atoms with Crippen molar-refractivity contribution >= 4 is 9.84 Å². The molecule has 0 N–H and O–H groups in total. The molecule has 0 amide bonds. The number of hydrogen-bond donors (Lipinski definition) is 0. The fraction of sp³-hybridized carbons (Fsp3) is 0.647. The molecule has 1 aromatic carbocycles. The molecule has 6 nitrogen and oxygen atoms in total. The van der Waals surface area contributed by atoms with Crippen molar-refractivity contribution in [2.24, 2.45) is 0 Å². The van der Waals surface area contributed by atoms with Crippen LogP contribution in [-0.4, -0.2) is 68.2 Å². The number of sulfone groups is 1. The molecule has 144 valence electrons. The van der Waals surface area contributed by atoms with Gasteiger partial charge in [0.05, 0.1) is 11.5 Å². The summed E-state index contributed by atoms with van der Waals surface area (Å²) in [4.78, 5) is 4.49. The second-order valence-electron chi connectivity index (χ2n) is 7.11. The van der Waals surface area contributed by atoms with Gasteiger partial charge >= 0.3 is 6.29 Å². The molecule has 0 aliphatic carbocycles. The normalized spacial score (nSPS) is 26.1. The monoisotopic (exact) mass is 388 g/mol. The minimum atomic E-state index is -3.60. The van der Waals surface area contributed by atoms with Crippen molar-refractivity contribution in [2.45, 2.75) is 31.7 Å². The molecule has 3 aliphatic heterocycles. The molecular weight excluding hydrogens is 366 g/mol. The summed E-state index contributed by atoms with van der Waals surface area (Å²) in [5.74, 6) is 0.696. The van der Waals surface area contributed by atoms with Crippen molar-refractivity contribution in [1.82, 2.24) is 9.80 Å². The van der Waals surface area contributed by atoms with Crippen LogP contribution in [-0.2, 0) is 16.4 Å². The maximum Gasteiger partial charge on any atom is 0.586 e. The van der Waals surface area contributed by atoms with Crippen LogP contribution in [0, 0.1) is 0 Å². The van der Waals surface area contributed by atoms with E-state index in [0.29, 0.717) is 31.2 Å². The van der Waals surface area contributed by atoms with Gasteiger partial charge in [-0.2, -0.15) is 0 Å². The van der Waals surface area contributed by atoms with E-state index in [1.807, 2.05) is 0 Å². The van der Waals surface area contributed by atoms with Gasteiger partial charge in [0.25, 0.3) is 0 Å². The molecule has 0 saturated carbocycles. The third kappa shape index (κ3) is 3.79. The Labute approximate surface area is 151 Å². The number of ether oxygens (including phenoxy) is 2. The molecule has 2 fully saturated rings. The van der Waals surface area contributed by atoms with Crippen LogP contribution in [0.25, 0.3) is 0 Å². The first kappa shape index (κ1) is 17.9. The minimum absolute atomic E-state index is 0.0805. The molecule has 0 unspecified atom stereocenters. The van der Waals surface area contributed by atoms with Crippen molar-refractivity contribution in [3.63, 3.8) is 0 Å². The Hall–Kier alpha value is -1.45. The molecule has 26 heavy (non-hydrogen) atoms. The van der Waals surface area contributed by atoms with E-state index in [1.54, 1.807) is 12.1 Å². The Kier molecular flexibility index (Phi) is 4.56. The topological polar surface area (TPSA) is 59.1 Å². The highest BCUT2D eigenvalue weighted by Crippen LogP contribution is 2.43. The second-order valence-corrected chi connectivity index (χ2v) is 9.41. The van der Waals surface area contributed by atoms with Crippen molar-refractivity contribution in [3.05, 3.63) is 23.8 Å². The highest BCUT2D eigenvalue weighted by molar-refractivity contribution is 7.91. The van der Waals surface area contributed by atoms with Gasteiger partial charge in [0.15, 0.2) is 21.3 Å². The van der Waals surface area contributed by atoms with E-state index in [-0.39, 0.29) is 23.0 Å². The van der Waals surface area contributed by atoms with Gasteiger partial charge in [0.2, 0.25) is 0 Å². The first-order valence-corrected chi connectivity index (χ1v) is 10.7. The Morgan fingerprint density at radius 3 is 2.46 bits per heavy atom. The van der Waals surface area contributed by atoms with Crippen LogP contribution >= 0.6 is 0 Å². The number of likely N-dealkylation sites (tertiary alicyclic amines) is 1. The SMILES string of the molecule is O=S1(=O)CCN(C2CCN(Cc3cccc4c3OC(F)(F)O4)CC2)CC1. The first-order chi connectivity index (χ1) is 12.3. The zero-order chi connectivity index (χ0) is 18.4. The summed E-state index contributed by atoms with van der Waals surface area (Å²) in [5.41, 5.74) is 0.696. The molecule has 2 saturated heterocycles. The molecule has 4 rings (SSSR count). The van der Waals surface area contributed by atoms with Crippen LogP contribution in [0.2, 0.25) is 0 Å². The number of rotatable bonds is 3. The molecule has 3 heterocycles. The molecule has 0 atom stereocenters. The van der Waals surface area contributed by atoms with Crippen molar-refractivity contribution in [2.75, 3.05) is 37.7 Å². The third-order valence-corrected chi connectivity index (χ3v) is 6.97. The smallest absolute Gasteiger partial charge is 0.395 e. The Morgan fingerprint density at radius 1 is 1.08 bits per heavy atom. The van der Waals surface area contributed by atoms with E-state index in [4.69, 9.17) is 0 Å². The van der Waals surface area contributed by atoms with Gasteiger partial charge in [0, 0.05) is 31.2 Å². The quantitative estimate of drug-likeness (QED) is 0.786. The molecule has 0 radical (unpaired) electrons. The Balaban J connectivity index is 1.34. The highest BCUT2D eigenvalue weighted by Gasteiger charge is 2.44. The van der Waals surface area contributed by atoms with Gasteiger partial charge < -0.3 is 9.47 Å². The number of halogens is 2. The molecular formula is C17H22F2N2O4S. The molecule has 0 spiro atoms. The lowest BCUT2D eigenvalue weighted by atomic mass is 10.0. The summed E-state index contributed by atoms with van der Waals surface area (Å²) < 4.78 is 58.9. The Morgan fingerprint density at radius 2 is 1.77 bits per heavy atom. The molecule has 3 aliphatic rings. The van der Waals surface area contributed by atoms with Crippen LogP contribution in [0.5, 0.6) is 11.5 Å². The number of piperidine rings is 1. The van der Waals surface area contributed by atoms with E-state index >= 15 is 0 Å². The average Bonchev–Trinajstić information content (AvgIpc) is 2.91. The number of para-hydroxylation sites is 1. The number of hydrogen-bond acceptors (Lipinski definition) is 6. The lowest BCUT2D eigenvalue weighted by molar-refractivity contribution is -0.287. The summed E-state index contributed by atoms with van der Waals surface area (Å²) in [6, 6.07) is 5.36. The summed E-state index contributed by atoms with van der Waals surface area (Å²) in [6.07, 6.45) is -1.70. The summed E-state index contributed by atoms with van der Waals surface area (Å²) in [5, 5.41) is 0. The zero-order valence-corrected chi connectivity index (χ0v) is 15.2. The van der Waals surface area contributed by atoms with Crippen molar-refractivity contribution < 1.29 is 26.7 Å². The highest BCUT2D eigenvalue weighted by atomic mass is 32.2. The fourth-order valence-electron chi connectivity index (χ4n) is 3.92. The lowest BCUT2D eigenvalue weighted by Crippen LogP contribution is -2.50. The largest absolute Gasteiger partial charge is 0.586 e. The van der Waals surface area contributed by atoms with Crippen molar-refractivity contribution in [3.8, 4) is 11.5 Å². The van der Waals surface area contributed by atoms with E-state index in [9.17, 15) is 17.2 Å². The Bertz CT molecular complexity index is 765. The van der Waals surface area contributed by atoms with Crippen LogP contribution in [0.3, 0.4) is 0 Å². The third-order valence-electron chi connectivity index (χ3n) is 5.36. The maximum atomic E-state index is 13.3. The van der Waals surface area contributed by atoms with E-state index in [0.717, 1.165) is 25.9 Å². The van der Waals surface area contributed by atoms with Gasteiger partial charge in [-0.1, -0.05) is 12.1 Å². The van der Waals surface area contributed by atoms with Gasteiger partial charge in [-0.3, -0.25) is 9.80 Å². The maximum absolute atomic E-state index is 13.3. The average molecular weight is 388 g/mol. The van der Waals surface area contributed by atoms with Gasteiger partial charge in [-0.05, 0) is 32.0 Å². The summed E-state index contributed by atoms with van der Waals surface area (Å²) >= 11 is 0. The standard InChI is InChI=1S/C17H22F2N2O4S/c18-17(19)24-15-3-1-2-13(16(15)25-17)12-20-6-4-14(5-7-20)21-8-10-26(22,23)11-9-21/h1-3,14H,4-12H2. The van der Waals surface area contributed by atoms with Crippen LogP contribution in [0.15, 0.2) is 18.2 Å².